The highest BCUT2D eigenvalue weighted by Gasteiger charge is 2.44. The minimum Gasteiger partial charge on any atom is -0.380 e. The highest BCUT2D eigenvalue weighted by atomic mass is 16.3. The predicted octanol–water partition coefficient (Wildman–Crippen LogP) is 3.45. The number of likely N-dealkylation sites (N-methyl/N-ethyl adjacent to an activating group) is 1. The molecule has 1 atom stereocenters. The molecule has 3 nitrogen and oxygen atoms in total. The number of benzene rings is 1. The number of hydrogen-bond acceptors (Lipinski definition) is 3. The Morgan fingerprint density at radius 2 is 1.74 bits per heavy atom. The van der Waals surface area contributed by atoms with Gasteiger partial charge in [-0.15, -0.1) is 0 Å². The van der Waals surface area contributed by atoms with Crippen LogP contribution in [0.25, 0.3) is 0 Å². The molecule has 1 aromatic carbocycles. The first-order chi connectivity index (χ1) is 11.1. The second-order valence-electron chi connectivity index (χ2n) is 6.81. The zero-order valence-corrected chi connectivity index (χ0v) is 14.6. The van der Waals surface area contributed by atoms with Crippen LogP contribution in [0, 0.1) is 5.92 Å². The maximum absolute atomic E-state index is 13.0. The molecule has 1 aromatic rings. The molecule has 1 unspecified atom stereocenters. The molecule has 23 heavy (non-hydrogen) atoms. The van der Waals surface area contributed by atoms with Crippen LogP contribution in [0.4, 0.5) is 0 Å². The van der Waals surface area contributed by atoms with Crippen LogP contribution in [0.1, 0.15) is 51.5 Å². The summed E-state index contributed by atoms with van der Waals surface area (Å²) in [5, 5.41) is 11.4. The second kappa shape index (κ2) is 8.60. The van der Waals surface area contributed by atoms with Gasteiger partial charge in [0.2, 0.25) is 0 Å². The Bertz CT molecular complexity index is 478. The van der Waals surface area contributed by atoms with Crippen molar-refractivity contribution in [3.8, 4) is 0 Å². The van der Waals surface area contributed by atoms with Crippen LogP contribution in [-0.4, -0.2) is 41.0 Å². The first kappa shape index (κ1) is 18.2. The fraction of sp³-hybridized carbons (Fsp3) is 0.650. The molecule has 0 saturated heterocycles. The van der Waals surface area contributed by atoms with E-state index in [0.717, 1.165) is 44.3 Å². The molecule has 0 heterocycles. The van der Waals surface area contributed by atoms with Crippen LogP contribution in [0.5, 0.6) is 0 Å². The van der Waals surface area contributed by atoms with E-state index in [4.69, 9.17) is 0 Å². The summed E-state index contributed by atoms with van der Waals surface area (Å²) < 4.78 is 0. The predicted molar refractivity (Wildman–Crippen MR) is 94.5 cm³/mol. The van der Waals surface area contributed by atoms with Crippen molar-refractivity contribution in [3.05, 3.63) is 35.9 Å². The van der Waals surface area contributed by atoms with Crippen molar-refractivity contribution in [1.82, 2.24) is 4.90 Å². The summed E-state index contributed by atoms with van der Waals surface area (Å²) in [5.41, 5.74) is -0.214. The summed E-state index contributed by atoms with van der Waals surface area (Å²) in [7, 11) is 0. The lowest BCUT2D eigenvalue weighted by atomic mass is 9.73. The van der Waals surface area contributed by atoms with E-state index in [2.05, 4.69) is 18.7 Å². The number of nitrogens with zero attached hydrogens (tertiary/aromatic N) is 1. The molecule has 1 aliphatic carbocycles. The highest BCUT2D eigenvalue weighted by molar-refractivity contribution is 5.89. The van der Waals surface area contributed by atoms with Crippen molar-refractivity contribution in [1.29, 1.82) is 0 Å². The molecule has 1 N–H and O–H groups in total. The molecule has 0 bridgehead atoms. The van der Waals surface area contributed by atoms with Gasteiger partial charge in [-0.1, -0.05) is 63.4 Å². The van der Waals surface area contributed by atoms with E-state index >= 15 is 0 Å². The first-order valence-corrected chi connectivity index (χ1v) is 9.12. The molecule has 2 rings (SSSR count). The van der Waals surface area contributed by atoms with Crippen LogP contribution >= 0.6 is 0 Å². The number of ketones is 1. The number of carbonyl (C=O) groups excluding carboxylic acids is 1. The zero-order valence-electron chi connectivity index (χ0n) is 14.6. The number of hydrogen-bond donors (Lipinski definition) is 1. The zero-order chi connectivity index (χ0) is 16.7. The topological polar surface area (TPSA) is 40.5 Å². The smallest absolute Gasteiger partial charge is 0.170 e. The minimum absolute atomic E-state index is 0.0116. The third-order valence-corrected chi connectivity index (χ3v) is 5.33. The second-order valence-corrected chi connectivity index (χ2v) is 6.81. The van der Waals surface area contributed by atoms with Crippen molar-refractivity contribution >= 4 is 5.78 Å². The minimum atomic E-state index is -1.21. The first-order valence-electron chi connectivity index (χ1n) is 9.12. The van der Waals surface area contributed by atoms with Gasteiger partial charge >= 0.3 is 0 Å². The van der Waals surface area contributed by atoms with Gasteiger partial charge in [0.05, 0.1) is 0 Å². The van der Waals surface area contributed by atoms with Gasteiger partial charge in [-0.2, -0.15) is 0 Å². The fourth-order valence-corrected chi connectivity index (χ4v) is 3.75. The van der Waals surface area contributed by atoms with E-state index in [1.54, 1.807) is 0 Å². The average molecular weight is 317 g/mol. The lowest BCUT2D eigenvalue weighted by Crippen LogP contribution is -2.55. The fourth-order valence-electron chi connectivity index (χ4n) is 3.75. The molecule has 3 heteroatoms. The Kier molecular flexibility index (Phi) is 6.79. The van der Waals surface area contributed by atoms with Gasteiger partial charge in [0.15, 0.2) is 5.78 Å². The van der Waals surface area contributed by atoms with E-state index in [9.17, 15) is 9.90 Å². The van der Waals surface area contributed by atoms with Crippen LogP contribution in [0.3, 0.4) is 0 Å². The van der Waals surface area contributed by atoms with Gasteiger partial charge in [-0.3, -0.25) is 4.79 Å². The van der Waals surface area contributed by atoms with Gasteiger partial charge in [0.1, 0.15) is 5.60 Å². The molecule has 0 aromatic heterocycles. The monoisotopic (exact) mass is 317 g/mol. The molecule has 0 radical (unpaired) electrons. The third kappa shape index (κ3) is 4.65. The van der Waals surface area contributed by atoms with Crippen LogP contribution in [0.15, 0.2) is 30.3 Å². The van der Waals surface area contributed by atoms with E-state index < -0.39 is 5.60 Å². The van der Waals surface area contributed by atoms with Crippen LogP contribution in [-0.2, 0) is 11.2 Å². The Morgan fingerprint density at radius 3 is 2.30 bits per heavy atom. The summed E-state index contributed by atoms with van der Waals surface area (Å²) in [5.74, 6) is 0.0931. The Labute approximate surface area is 140 Å². The van der Waals surface area contributed by atoms with Crippen LogP contribution < -0.4 is 0 Å². The van der Waals surface area contributed by atoms with Crippen molar-refractivity contribution in [2.45, 2.75) is 58.0 Å². The van der Waals surface area contributed by atoms with Gasteiger partial charge < -0.3 is 10.0 Å². The molecule has 0 spiro atoms. The van der Waals surface area contributed by atoms with Crippen molar-refractivity contribution in [2.24, 2.45) is 5.92 Å². The van der Waals surface area contributed by atoms with E-state index in [-0.39, 0.29) is 11.7 Å². The van der Waals surface area contributed by atoms with Gasteiger partial charge in [0, 0.05) is 13.0 Å². The molecule has 0 aliphatic heterocycles. The number of aliphatic hydroxyl groups is 1. The normalized spacial score (nSPS) is 18.8. The standard InChI is InChI=1S/C20H31NO2/c1-3-21(4-2)16-20(23,18-13-9-6-10-14-18)19(22)15-17-11-7-5-8-12-17/h5,7-8,11-12,18,23H,3-4,6,9-10,13-16H2,1-2H3. The van der Waals surface area contributed by atoms with Gasteiger partial charge in [-0.25, -0.2) is 0 Å². The van der Waals surface area contributed by atoms with E-state index in [1.165, 1.54) is 6.42 Å². The Balaban J connectivity index is 2.18. The van der Waals surface area contributed by atoms with Gasteiger partial charge in [-0.05, 0) is 37.4 Å². The summed E-state index contributed by atoms with van der Waals surface area (Å²) in [6.07, 6.45) is 5.75. The maximum atomic E-state index is 13.0. The highest BCUT2D eigenvalue weighted by Crippen LogP contribution is 2.34. The van der Waals surface area contributed by atoms with Crippen LogP contribution in [0.2, 0.25) is 0 Å². The van der Waals surface area contributed by atoms with Gasteiger partial charge in [0.25, 0.3) is 0 Å². The number of carbonyl (C=O) groups is 1. The van der Waals surface area contributed by atoms with E-state index in [0.29, 0.717) is 13.0 Å². The molecular formula is C20H31NO2. The molecule has 1 fully saturated rings. The number of rotatable bonds is 8. The number of Topliss-reactive ketones (excluding diaryl/α,β-unsaturated/α-hetero) is 1. The molecule has 1 aliphatic rings. The summed E-state index contributed by atoms with van der Waals surface area (Å²) in [4.78, 5) is 15.2. The lowest BCUT2D eigenvalue weighted by Gasteiger charge is -2.40. The SMILES string of the molecule is CCN(CC)CC(O)(C(=O)Cc1ccccc1)C1CCCCC1. The summed E-state index contributed by atoms with van der Waals surface area (Å²) in [6, 6.07) is 9.80. The molecule has 1 saturated carbocycles. The Morgan fingerprint density at radius 1 is 1.13 bits per heavy atom. The molecular weight excluding hydrogens is 286 g/mol. The lowest BCUT2D eigenvalue weighted by molar-refractivity contribution is -0.147. The summed E-state index contributed by atoms with van der Waals surface area (Å²) in [6.45, 7) is 6.38. The van der Waals surface area contributed by atoms with Crippen molar-refractivity contribution < 1.29 is 9.90 Å². The quantitative estimate of drug-likeness (QED) is 0.798. The Hall–Kier alpha value is -1.19. The molecule has 0 amide bonds. The van der Waals surface area contributed by atoms with Crippen molar-refractivity contribution in [2.75, 3.05) is 19.6 Å². The third-order valence-electron chi connectivity index (χ3n) is 5.33. The maximum Gasteiger partial charge on any atom is 0.170 e. The van der Waals surface area contributed by atoms with E-state index in [1.807, 2.05) is 30.3 Å². The molecule has 128 valence electrons. The largest absolute Gasteiger partial charge is 0.380 e. The average Bonchev–Trinajstić information content (AvgIpc) is 2.61. The van der Waals surface area contributed by atoms with Crippen molar-refractivity contribution in [3.63, 3.8) is 0 Å². The summed E-state index contributed by atoms with van der Waals surface area (Å²) >= 11 is 0.